The maximum absolute atomic E-state index is 12.8. The molecule has 0 bridgehead atoms. The van der Waals surface area contributed by atoms with Crippen molar-refractivity contribution in [3.05, 3.63) is 53.1 Å². The Kier molecular flexibility index (Phi) is 5.25. The molecular formula is C17H17ClFN3O2. The minimum Gasteiger partial charge on any atom is -0.460 e. The molecule has 2 aromatic rings. The second kappa shape index (κ2) is 7.57. The number of amides is 1. The van der Waals surface area contributed by atoms with Crippen molar-refractivity contribution in [2.45, 2.75) is 37.8 Å². The molecule has 0 radical (unpaired) electrons. The Bertz CT molecular complexity index is 703. The largest absolute Gasteiger partial charge is 0.460 e. The van der Waals surface area contributed by atoms with Crippen molar-refractivity contribution in [3.8, 4) is 6.01 Å². The molecular weight excluding hydrogens is 333 g/mol. The lowest BCUT2D eigenvalue weighted by atomic mass is 9.92. The summed E-state index contributed by atoms with van der Waals surface area (Å²) in [6, 6.07) is 7.25. The van der Waals surface area contributed by atoms with E-state index in [-0.39, 0.29) is 24.1 Å². The smallest absolute Gasteiger partial charge is 0.316 e. The Morgan fingerprint density at radius 2 is 1.83 bits per heavy atom. The van der Waals surface area contributed by atoms with Gasteiger partial charge in [-0.2, -0.15) is 0 Å². The maximum Gasteiger partial charge on any atom is 0.316 e. The van der Waals surface area contributed by atoms with E-state index >= 15 is 0 Å². The number of aromatic nitrogens is 2. The molecule has 0 atom stereocenters. The van der Waals surface area contributed by atoms with Crippen LogP contribution < -0.4 is 10.1 Å². The molecule has 0 saturated heterocycles. The average molecular weight is 350 g/mol. The number of halogens is 2. The van der Waals surface area contributed by atoms with Gasteiger partial charge >= 0.3 is 6.01 Å². The van der Waals surface area contributed by atoms with E-state index in [4.69, 9.17) is 16.3 Å². The first kappa shape index (κ1) is 16.6. The van der Waals surface area contributed by atoms with Crippen molar-refractivity contribution < 1.29 is 13.9 Å². The van der Waals surface area contributed by atoms with Crippen LogP contribution in [0.5, 0.6) is 6.01 Å². The molecule has 0 spiro atoms. The molecule has 1 heterocycles. The molecule has 5 nitrogen and oxygen atoms in total. The molecule has 1 aliphatic carbocycles. The SMILES string of the molecule is O=C(NC1CCC(Oc2ncc(F)cn2)CC1)c1ccccc1Cl. The number of carbonyl (C=O) groups is 1. The summed E-state index contributed by atoms with van der Waals surface area (Å²) in [5.74, 6) is -0.653. The molecule has 7 heteroatoms. The number of benzene rings is 1. The summed E-state index contributed by atoms with van der Waals surface area (Å²) in [6.07, 6.45) is 5.27. The Balaban J connectivity index is 1.49. The zero-order chi connectivity index (χ0) is 16.9. The summed E-state index contributed by atoms with van der Waals surface area (Å²) in [5, 5.41) is 3.45. The molecule has 126 valence electrons. The van der Waals surface area contributed by atoms with Crippen LogP contribution >= 0.6 is 11.6 Å². The van der Waals surface area contributed by atoms with Gasteiger partial charge < -0.3 is 10.1 Å². The van der Waals surface area contributed by atoms with E-state index in [1.54, 1.807) is 24.3 Å². The number of hydrogen-bond donors (Lipinski definition) is 1. The van der Waals surface area contributed by atoms with Crippen LogP contribution in [-0.2, 0) is 0 Å². The molecule has 0 aliphatic heterocycles. The molecule has 0 unspecified atom stereocenters. The van der Waals surface area contributed by atoms with Gasteiger partial charge in [0.05, 0.1) is 23.0 Å². The van der Waals surface area contributed by atoms with Crippen molar-refractivity contribution in [3.63, 3.8) is 0 Å². The molecule has 1 N–H and O–H groups in total. The van der Waals surface area contributed by atoms with Crippen LogP contribution in [0.15, 0.2) is 36.7 Å². The summed E-state index contributed by atoms with van der Waals surface area (Å²) in [6.45, 7) is 0. The summed E-state index contributed by atoms with van der Waals surface area (Å²) >= 11 is 6.04. The summed E-state index contributed by atoms with van der Waals surface area (Å²) in [5.41, 5.74) is 0.484. The summed E-state index contributed by atoms with van der Waals surface area (Å²) < 4.78 is 18.4. The zero-order valence-electron chi connectivity index (χ0n) is 12.9. The van der Waals surface area contributed by atoms with Crippen LogP contribution in [-0.4, -0.2) is 28.0 Å². The predicted octanol–water partition coefficient (Wildman–Crippen LogP) is 3.39. The predicted molar refractivity (Wildman–Crippen MR) is 87.6 cm³/mol. The Morgan fingerprint density at radius 1 is 1.17 bits per heavy atom. The van der Waals surface area contributed by atoms with Crippen LogP contribution in [0.2, 0.25) is 5.02 Å². The normalized spacial score (nSPS) is 20.4. The van der Waals surface area contributed by atoms with Crippen LogP contribution in [0, 0.1) is 5.82 Å². The van der Waals surface area contributed by atoms with Gasteiger partial charge in [0.2, 0.25) is 0 Å². The molecule has 1 aromatic carbocycles. The second-order valence-electron chi connectivity index (χ2n) is 5.73. The highest BCUT2D eigenvalue weighted by Crippen LogP contribution is 2.23. The van der Waals surface area contributed by atoms with Gasteiger partial charge in [-0.15, -0.1) is 0 Å². The first-order valence-corrected chi connectivity index (χ1v) is 8.19. The lowest BCUT2D eigenvalue weighted by Gasteiger charge is -2.28. The number of nitrogens with zero attached hydrogens (tertiary/aromatic N) is 2. The van der Waals surface area contributed by atoms with Crippen molar-refractivity contribution in [2.24, 2.45) is 0 Å². The van der Waals surface area contributed by atoms with Crippen molar-refractivity contribution >= 4 is 17.5 Å². The minimum atomic E-state index is -0.492. The van der Waals surface area contributed by atoms with E-state index < -0.39 is 5.82 Å². The molecule has 1 amide bonds. The van der Waals surface area contributed by atoms with Gasteiger partial charge in [0.1, 0.15) is 6.10 Å². The molecule has 1 saturated carbocycles. The van der Waals surface area contributed by atoms with E-state index in [9.17, 15) is 9.18 Å². The van der Waals surface area contributed by atoms with Crippen molar-refractivity contribution in [1.82, 2.24) is 15.3 Å². The summed E-state index contributed by atoms with van der Waals surface area (Å²) in [7, 11) is 0. The third-order valence-corrected chi connectivity index (χ3v) is 4.33. The van der Waals surface area contributed by atoms with Crippen LogP contribution in [0.3, 0.4) is 0 Å². The molecule has 24 heavy (non-hydrogen) atoms. The van der Waals surface area contributed by atoms with Gasteiger partial charge in [-0.3, -0.25) is 4.79 Å². The lowest BCUT2D eigenvalue weighted by molar-refractivity contribution is 0.0885. The second-order valence-corrected chi connectivity index (χ2v) is 6.14. The highest BCUT2D eigenvalue weighted by Gasteiger charge is 2.25. The van der Waals surface area contributed by atoms with E-state index in [0.717, 1.165) is 38.1 Å². The summed E-state index contributed by atoms with van der Waals surface area (Å²) in [4.78, 5) is 19.8. The van der Waals surface area contributed by atoms with Gasteiger partial charge in [0.25, 0.3) is 5.91 Å². The van der Waals surface area contributed by atoms with Crippen molar-refractivity contribution in [2.75, 3.05) is 0 Å². The van der Waals surface area contributed by atoms with Crippen LogP contribution in [0.4, 0.5) is 4.39 Å². The van der Waals surface area contributed by atoms with E-state index in [1.165, 1.54) is 0 Å². The Hall–Kier alpha value is -2.21. The monoisotopic (exact) mass is 349 g/mol. The molecule has 1 fully saturated rings. The van der Waals surface area contributed by atoms with E-state index in [1.807, 2.05) is 0 Å². The number of ether oxygens (including phenoxy) is 1. The van der Waals surface area contributed by atoms with E-state index in [0.29, 0.717) is 10.6 Å². The fraction of sp³-hybridized carbons (Fsp3) is 0.353. The first-order valence-electron chi connectivity index (χ1n) is 7.81. The highest BCUT2D eigenvalue weighted by atomic mass is 35.5. The maximum atomic E-state index is 12.8. The third kappa shape index (κ3) is 4.20. The van der Waals surface area contributed by atoms with Crippen LogP contribution in [0.25, 0.3) is 0 Å². The number of hydrogen-bond acceptors (Lipinski definition) is 4. The number of carbonyl (C=O) groups excluding carboxylic acids is 1. The van der Waals surface area contributed by atoms with E-state index in [2.05, 4.69) is 15.3 Å². The van der Waals surface area contributed by atoms with Gasteiger partial charge in [-0.05, 0) is 37.8 Å². The van der Waals surface area contributed by atoms with Crippen LogP contribution in [0.1, 0.15) is 36.0 Å². The van der Waals surface area contributed by atoms with Gasteiger partial charge in [0, 0.05) is 6.04 Å². The molecule has 1 aromatic heterocycles. The highest BCUT2D eigenvalue weighted by molar-refractivity contribution is 6.33. The molecule has 1 aliphatic rings. The quantitative estimate of drug-likeness (QED) is 0.919. The van der Waals surface area contributed by atoms with Gasteiger partial charge in [0.15, 0.2) is 5.82 Å². The Morgan fingerprint density at radius 3 is 2.50 bits per heavy atom. The first-order chi connectivity index (χ1) is 11.6. The fourth-order valence-electron chi connectivity index (χ4n) is 2.74. The number of rotatable bonds is 4. The minimum absolute atomic E-state index is 0.0241. The van der Waals surface area contributed by atoms with Crippen molar-refractivity contribution in [1.29, 1.82) is 0 Å². The standard InChI is InChI=1S/C17H17ClFN3O2/c18-15-4-2-1-3-14(15)16(23)22-12-5-7-13(8-6-12)24-17-20-9-11(19)10-21-17/h1-4,9-10,12-13H,5-8H2,(H,22,23). The average Bonchev–Trinajstić information content (AvgIpc) is 2.59. The molecule has 3 rings (SSSR count). The zero-order valence-corrected chi connectivity index (χ0v) is 13.7. The fourth-order valence-corrected chi connectivity index (χ4v) is 2.97. The topological polar surface area (TPSA) is 64.1 Å². The Labute approximate surface area is 144 Å². The lowest BCUT2D eigenvalue weighted by Crippen LogP contribution is -2.39. The van der Waals surface area contributed by atoms with Gasteiger partial charge in [-0.1, -0.05) is 23.7 Å². The van der Waals surface area contributed by atoms with Gasteiger partial charge in [-0.25, -0.2) is 14.4 Å². The third-order valence-electron chi connectivity index (χ3n) is 4.00. The number of nitrogens with one attached hydrogen (secondary N) is 1.